The van der Waals surface area contributed by atoms with Crippen LogP contribution in [0.25, 0.3) is 0 Å². The molecule has 2 rings (SSSR count). The fourth-order valence-corrected chi connectivity index (χ4v) is 2.12. The molecule has 0 aliphatic rings. The second kappa shape index (κ2) is 6.15. The first kappa shape index (κ1) is 14.7. The Hall–Kier alpha value is -1.72. The number of halogens is 1. The van der Waals surface area contributed by atoms with Crippen LogP contribution in [0.4, 0.5) is 0 Å². The fraction of sp³-hybridized carbons (Fsp3) is 0.357. The van der Waals surface area contributed by atoms with Crippen LogP contribution < -0.4 is 0 Å². The molecule has 0 fully saturated rings. The zero-order chi connectivity index (χ0) is 14.7. The van der Waals surface area contributed by atoms with Gasteiger partial charge in [-0.05, 0) is 32.6 Å². The monoisotopic (exact) mass is 292 g/mol. The number of likely N-dealkylation sites (N-methyl/N-ethyl adjacent to an activating group) is 1. The van der Waals surface area contributed by atoms with E-state index in [1.54, 1.807) is 16.9 Å². The topological polar surface area (TPSA) is 51.0 Å². The first-order valence-electron chi connectivity index (χ1n) is 6.33. The summed E-state index contributed by atoms with van der Waals surface area (Å²) in [6, 6.07) is 3.66. The van der Waals surface area contributed by atoms with Crippen molar-refractivity contribution in [3.8, 4) is 0 Å². The predicted molar refractivity (Wildman–Crippen MR) is 78.2 cm³/mol. The highest BCUT2D eigenvalue weighted by molar-refractivity contribution is 6.34. The van der Waals surface area contributed by atoms with Crippen LogP contribution in [0, 0.1) is 6.92 Å². The molecule has 0 atom stereocenters. The van der Waals surface area contributed by atoms with Crippen molar-refractivity contribution >= 4 is 17.4 Å². The smallest absolute Gasteiger partial charge is 0.231 e. The molecule has 0 spiro atoms. The average molecular weight is 293 g/mol. The number of carbonyl (C=O) groups excluding carboxylic acids is 1. The Morgan fingerprint density at radius 3 is 2.85 bits per heavy atom. The maximum atomic E-state index is 12.6. The van der Waals surface area contributed by atoms with Crippen molar-refractivity contribution < 1.29 is 4.79 Å². The van der Waals surface area contributed by atoms with Crippen molar-refractivity contribution in [2.24, 2.45) is 0 Å². The predicted octanol–water partition coefficient (Wildman–Crippen LogP) is 2.03. The van der Waals surface area contributed by atoms with E-state index in [1.807, 2.05) is 32.0 Å². The minimum Gasteiger partial charge on any atom is -0.308 e. The third kappa shape index (κ3) is 3.05. The highest BCUT2D eigenvalue weighted by Gasteiger charge is 2.21. The van der Waals surface area contributed by atoms with Gasteiger partial charge in [-0.3, -0.25) is 14.5 Å². The van der Waals surface area contributed by atoms with E-state index in [0.717, 1.165) is 12.1 Å². The van der Waals surface area contributed by atoms with Gasteiger partial charge in [-0.25, -0.2) is 0 Å². The van der Waals surface area contributed by atoms with E-state index in [2.05, 4.69) is 10.1 Å². The number of nitrogens with zero attached hydrogens (tertiary/aromatic N) is 4. The molecule has 0 aliphatic carbocycles. The lowest BCUT2D eigenvalue weighted by atomic mass is 10.1. The third-order valence-corrected chi connectivity index (χ3v) is 3.27. The molecule has 0 amide bonds. The van der Waals surface area contributed by atoms with Crippen molar-refractivity contribution in [3.05, 3.63) is 46.5 Å². The van der Waals surface area contributed by atoms with Gasteiger partial charge in [0.05, 0.1) is 17.8 Å². The molecule has 0 saturated carbocycles. The summed E-state index contributed by atoms with van der Waals surface area (Å²) in [5, 5.41) is 4.53. The lowest BCUT2D eigenvalue weighted by molar-refractivity contribution is 0.102. The van der Waals surface area contributed by atoms with Crippen LogP contribution in [-0.2, 0) is 6.54 Å². The van der Waals surface area contributed by atoms with Crippen molar-refractivity contribution in [2.45, 2.75) is 13.5 Å². The van der Waals surface area contributed by atoms with E-state index in [0.29, 0.717) is 23.0 Å². The largest absolute Gasteiger partial charge is 0.308 e. The van der Waals surface area contributed by atoms with Gasteiger partial charge >= 0.3 is 0 Å². The summed E-state index contributed by atoms with van der Waals surface area (Å²) in [5.74, 6) is -0.190. The molecule has 0 aliphatic heterocycles. The van der Waals surface area contributed by atoms with Crippen molar-refractivity contribution in [1.29, 1.82) is 0 Å². The van der Waals surface area contributed by atoms with Crippen molar-refractivity contribution in [1.82, 2.24) is 19.7 Å². The summed E-state index contributed by atoms with van der Waals surface area (Å²) in [6.45, 7) is 3.24. The van der Waals surface area contributed by atoms with Crippen LogP contribution in [0.5, 0.6) is 0 Å². The van der Waals surface area contributed by atoms with E-state index in [1.165, 1.54) is 6.20 Å². The molecule has 0 unspecified atom stereocenters. The molecule has 5 nitrogen and oxygen atoms in total. The second-order valence-corrected chi connectivity index (χ2v) is 5.27. The SMILES string of the molecule is Cc1cccnc1C(=O)c1c(Cl)cnn1CCN(C)C. The maximum Gasteiger partial charge on any atom is 0.231 e. The Bertz CT molecular complexity index is 621. The average Bonchev–Trinajstić information content (AvgIpc) is 2.77. The van der Waals surface area contributed by atoms with Gasteiger partial charge in [0, 0.05) is 12.7 Å². The van der Waals surface area contributed by atoms with Gasteiger partial charge in [-0.1, -0.05) is 17.7 Å². The van der Waals surface area contributed by atoms with Gasteiger partial charge in [0.1, 0.15) is 11.4 Å². The molecule has 0 saturated heterocycles. The number of aryl methyl sites for hydroxylation is 1. The highest BCUT2D eigenvalue weighted by Crippen LogP contribution is 2.19. The molecule has 2 heterocycles. The summed E-state index contributed by atoms with van der Waals surface area (Å²) in [5.41, 5.74) is 1.64. The fourth-order valence-electron chi connectivity index (χ4n) is 1.89. The number of carbonyl (C=O) groups is 1. The molecule has 106 valence electrons. The van der Waals surface area contributed by atoms with E-state index in [-0.39, 0.29) is 5.78 Å². The number of rotatable bonds is 5. The summed E-state index contributed by atoms with van der Waals surface area (Å²) in [7, 11) is 3.94. The van der Waals surface area contributed by atoms with Gasteiger partial charge in [-0.2, -0.15) is 5.10 Å². The standard InChI is InChI=1S/C14H17ClN4O/c1-10-5-4-6-16-12(10)14(20)13-11(15)9-17-19(13)8-7-18(2)3/h4-6,9H,7-8H2,1-3H3. The zero-order valence-electron chi connectivity index (χ0n) is 11.8. The normalized spacial score (nSPS) is 11.1. The Balaban J connectivity index is 2.35. The number of aromatic nitrogens is 3. The second-order valence-electron chi connectivity index (χ2n) is 4.87. The third-order valence-electron chi connectivity index (χ3n) is 2.99. The molecule has 0 bridgehead atoms. The Kier molecular flexibility index (Phi) is 4.52. The minimum absolute atomic E-state index is 0.190. The summed E-state index contributed by atoms with van der Waals surface area (Å²) in [6.07, 6.45) is 3.11. The Labute approximate surface area is 123 Å². The molecule has 0 N–H and O–H groups in total. The number of hydrogen-bond acceptors (Lipinski definition) is 4. The van der Waals surface area contributed by atoms with Crippen LogP contribution in [0.15, 0.2) is 24.5 Å². The van der Waals surface area contributed by atoms with Crippen LogP contribution >= 0.6 is 11.6 Å². The van der Waals surface area contributed by atoms with Gasteiger partial charge < -0.3 is 4.90 Å². The molecular formula is C14H17ClN4O. The quantitative estimate of drug-likeness (QED) is 0.791. The van der Waals surface area contributed by atoms with Crippen molar-refractivity contribution in [2.75, 3.05) is 20.6 Å². The molecule has 2 aromatic heterocycles. The van der Waals surface area contributed by atoms with E-state index < -0.39 is 0 Å². The van der Waals surface area contributed by atoms with Gasteiger partial charge in [-0.15, -0.1) is 0 Å². The summed E-state index contributed by atoms with van der Waals surface area (Å²) in [4.78, 5) is 18.8. The number of ketones is 1. The molecular weight excluding hydrogens is 276 g/mol. The Morgan fingerprint density at radius 1 is 1.45 bits per heavy atom. The molecule has 0 radical (unpaired) electrons. The van der Waals surface area contributed by atoms with E-state index in [9.17, 15) is 4.79 Å². The Morgan fingerprint density at radius 2 is 2.20 bits per heavy atom. The molecule has 0 aromatic carbocycles. The molecule has 6 heteroatoms. The lowest BCUT2D eigenvalue weighted by Gasteiger charge is -2.12. The zero-order valence-corrected chi connectivity index (χ0v) is 12.6. The maximum absolute atomic E-state index is 12.6. The van der Waals surface area contributed by atoms with E-state index >= 15 is 0 Å². The van der Waals surface area contributed by atoms with Gasteiger partial charge in [0.15, 0.2) is 0 Å². The number of pyridine rings is 1. The minimum atomic E-state index is -0.190. The first-order chi connectivity index (χ1) is 9.50. The molecule has 2 aromatic rings. The highest BCUT2D eigenvalue weighted by atomic mass is 35.5. The van der Waals surface area contributed by atoms with Crippen LogP contribution in [-0.4, -0.2) is 46.1 Å². The van der Waals surface area contributed by atoms with Crippen LogP contribution in [0.2, 0.25) is 5.02 Å². The van der Waals surface area contributed by atoms with Gasteiger partial charge in [0.25, 0.3) is 0 Å². The first-order valence-corrected chi connectivity index (χ1v) is 6.71. The van der Waals surface area contributed by atoms with Gasteiger partial charge in [0.2, 0.25) is 5.78 Å². The van der Waals surface area contributed by atoms with Crippen LogP contribution in [0.1, 0.15) is 21.7 Å². The van der Waals surface area contributed by atoms with E-state index in [4.69, 9.17) is 11.6 Å². The van der Waals surface area contributed by atoms with Crippen molar-refractivity contribution in [3.63, 3.8) is 0 Å². The lowest BCUT2D eigenvalue weighted by Crippen LogP contribution is -2.22. The molecule has 20 heavy (non-hydrogen) atoms. The summed E-state index contributed by atoms with van der Waals surface area (Å²) >= 11 is 6.11. The number of hydrogen-bond donors (Lipinski definition) is 0. The summed E-state index contributed by atoms with van der Waals surface area (Å²) < 4.78 is 1.64. The van der Waals surface area contributed by atoms with Crippen LogP contribution in [0.3, 0.4) is 0 Å².